The summed E-state index contributed by atoms with van der Waals surface area (Å²) in [6.45, 7) is 0. The first-order chi connectivity index (χ1) is 4.20. The van der Waals surface area contributed by atoms with Crippen LogP contribution in [0.4, 0.5) is 0 Å². The van der Waals surface area contributed by atoms with E-state index in [-0.39, 0.29) is 35.4 Å². The van der Waals surface area contributed by atoms with Crippen LogP contribution in [0.2, 0.25) is 0 Å². The average Bonchev–Trinajstić information content (AvgIpc) is 1.87. The van der Waals surface area contributed by atoms with Crippen molar-refractivity contribution in [1.82, 2.24) is 0 Å². The molecule has 0 N–H and O–H groups in total. The molecule has 10 heavy (non-hydrogen) atoms. The van der Waals surface area contributed by atoms with E-state index in [2.05, 4.69) is 11.2 Å². The van der Waals surface area contributed by atoms with E-state index < -0.39 is 10.2 Å². The van der Waals surface area contributed by atoms with Gasteiger partial charge in [0.15, 0.2) is 0 Å². The topological polar surface area (TPSA) is 0 Å². The van der Waals surface area contributed by atoms with E-state index in [0.717, 1.165) is 8.88 Å². The van der Waals surface area contributed by atoms with Crippen molar-refractivity contribution in [2.24, 2.45) is 0 Å². The first kappa shape index (κ1) is 14.8. The second-order valence-electron chi connectivity index (χ2n) is 0.861. The van der Waals surface area contributed by atoms with Gasteiger partial charge in [-0.15, -0.1) is 24.8 Å². The molecule has 0 aromatic heterocycles. The molecule has 0 heterocycles. The standard InChI is InChI=1S/C2H6S6.CH3.V/c3-1-8(5)2-6-7-4;;/h3,6H,1-2H2;1H3;/q;-1;+2/p-1/i6T;;. The Bertz CT molecular complexity index is 163. The van der Waals surface area contributed by atoms with Crippen molar-refractivity contribution in [1.29, 1.82) is 1.12 Å². The Morgan fingerprint density at radius 3 is 2.60 bits per heavy atom. The smallest absolute Gasteiger partial charge is 0.782 e. The zero-order valence-corrected chi connectivity index (χ0v) is 11.6. The summed E-state index contributed by atoms with van der Waals surface area (Å²) in [6, 6.07) is 0. The van der Waals surface area contributed by atoms with E-state index in [1.165, 1.54) is 0 Å². The monoisotopic (exact) mass is 289 g/mol. The van der Waals surface area contributed by atoms with E-state index in [9.17, 15) is 0 Å². The van der Waals surface area contributed by atoms with E-state index in [0.29, 0.717) is 10.2 Å². The van der Waals surface area contributed by atoms with Gasteiger partial charge in [-0.1, -0.05) is 11.2 Å². The van der Waals surface area contributed by atoms with Crippen LogP contribution in [0, 0.1) is 7.43 Å². The number of rotatable bonds is 3. The van der Waals surface area contributed by atoms with Gasteiger partial charge in [0.05, 0.1) is 0 Å². The zero-order valence-electron chi connectivity index (χ0n) is 6.31. The third-order valence-electron chi connectivity index (χ3n) is 0.359. The van der Waals surface area contributed by atoms with E-state index in [1.54, 1.807) is 0 Å². The zero-order chi connectivity index (χ0) is 7.28. The Morgan fingerprint density at radius 1 is 1.80 bits per heavy atom. The van der Waals surface area contributed by atoms with Gasteiger partial charge in [-0.3, -0.25) is 0 Å². The molecule has 0 aromatic carbocycles. The van der Waals surface area contributed by atoms with Crippen LogP contribution in [0.5, 0.6) is 0 Å². The Hall–Kier alpha value is 2.29. The molecule has 61 valence electrons. The van der Waals surface area contributed by atoms with Crippen LogP contribution in [0.15, 0.2) is 0 Å². The first-order valence-electron chi connectivity index (χ1n) is 2.06. The van der Waals surface area contributed by atoms with Crippen LogP contribution in [0.3, 0.4) is 0 Å². The molecular formula is C3H8S6V. The molecule has 0 spiro atoms. The van der Waals surface area contributed by atoms with Gasteiger partial charge in [0.2, 0.25) is 0 Å². The molecule has 1 radical (unpaired) electrons. The molecule has 0 amide bonds. The van der Waals surface area contributed by atoms with Crippen LogP contribution >= 0.6 is 0 Å². The van der Waals surface area contributed by atoms with Crippen LogP contribution in [-0.4, -0.2) is 11.3 Å². The quantitative estimate of drug-likeness (QED) is 0.450. The van der Waals surface area contributed by atoms with Crippen molar-refractivity contribution >= 4 is 63.6 Å². The van der Waals surface area contributed by atoms with Crippen LogP contribution in [0.1, 0.15) is 0 Å². The summed E-state index contributed by atoms with van der Waals surface area (Å²) in [6.07, 6.45) is 0. The average molecular weight is 289 g/mol. The minimum Gasteiger partial charge on any atom is -0.782 e. The summed E-state index contributed by atoms with van der Waals surface area (Å²) in [5.74, 6) is 0. The first-order valence-corrected chi connectivity index (χ1v) is 7.96. The van der Waals surface area contributed by atoms with Gasteiger partial charge in [-0.05, 0) is 20.1 Å². The molecular weight excluding hydrogens is 279 g/mol. The third-order valence-corrected chi connectivity index (χ3v) is 6.70. The minimum atomic E-state index is -0.484. The van der Waals surface area contributed by atoms with Gasteiger partial charge >= 0.3 is 18.6 Å². The van der Waals surface area contributed by atoms with Gasteiger partial charge in [0.1, 0.15) is 1.12 Å². The normalized spacial score (nSPS) is 15.1. The Kier molecular flexibility index (Phi) is 20.5. The summed E-state index contributed by atoms with van der Waals surface area (Å²) in [4.78, 5) is 0. The fourth-order valence-corrected chi connectivity index (χ4v) is 5.02. The molecule has 0 nitrogen and oxygen atoms in total. The van der Waals surface area contributed by atoms with Crippen LogP contribution < -0.4 is 0 Å². The summed E-state index contributed by atoms with van der Waals surface area (Å²) < 4.78 is 7.24. The molecule has 0 saturated carbocycles. The summed E-state index contributed by atoms with van der Waals surface area (Å²) in [5, 5.41) is 1.29. The third kappa shape index (κ3) is 12.9. The van der Waals surface area contributed by atoms with Crippen LogP contribution in [0.25, 0.3) is 0 Å². The maximum Gasteiger partial charge on any atom is 2.00 e. The van der Waals surface area contributed by atoms with Crippen molar-refractivity contribution < 1.29 is 18.6 Å². The van der Waals surface area contributed by atoms with Crippen LogP contribution in [-0.2, 0) is 82.1 Å². The van der Waals surface area contributed by atoms with Gasteiger partial charge in [-0.2, -0.15) is 0 Å². The van der Waals surface area contributed by atoms with Gasteiger partial charge < -0.3 is 20.1 Å². The second kappa shape index (κ2) is 13.9. The maximum atomic E-state index is 7.24. The molecule has 0 saturated heterocycles. The molecule has 0 aromatic rings. The van der Waals surface area contributed by atoms with Gasteiger partial charge in [0.25, 0.3) is 0 Å². The molecule has 2 unspecified atom stereocenters. The van der Waals surface area contributed by atoms with Crippen molar-refractivity contribution in [3.05, 3.63) is 7.43 Å². The van der Waals surface area contributed by atoms with Gasteiger partial charge in [-0.25, -0.2) is 0 Å². The predicted octanol–water partition coefficient (Wildman–Crippen LogP) is 0.251. The molecule has 0 aliphatic rings. The molecule has 0 fully saturated rings. The maximum absolute atomic E-state index is 7.24. The number of thiol groups is 1. The molecule has 0 aliphatic carbocycles. The fraction of sp³-hybridized carbons (Fsp3) is 0.667. The molecule has 0 aliphatic heterocycles. The molecule has 0 bridgehead atoms. The summed E-state index contributed by atoms with van der Waals surface area (Å²) in [5.41, 5.74) is 0. The molecule has 2 atom stereocenters. The van der Waals surface area contributed by atoms with Crippen molar-refractivity contribution in [2.45, 2.75) is 0 Å². The fourth-order valence-electron chi connectivity index (χ4n) is 0.107. The second-order valence-corrected chi connectivity index (χ2v) is 7.75. The van der Waals surface area contributed by atoms with Crippen molar-refractivity contribution in [3.63, 3.8) is 0 Å². The van der Waals surface area contributed by atoms with Crippen molar-refractivity contribution in [3.8, 4) is 0 Å². The molecule has 7 heteroatoms. The SMILES string of the molecule is [3H]S(CS(=S)C[S-])=S=S.[CH3-].[V+2]. The predicted molar refractivity (Wildman–Crippen MR) is 61.7 cm³/mol. The minimum absolute atomic E-state index is 0. The largest absolute Gasteiger partial charge is 2.00 e. The number of hydrogen-bond donors (Lipinski definition) is 1. The van der Waals surface area contributed by atoms with E-state index in [1.807, 2.05) is 0 Å². The van der Waals surface area contributed by atoms with Crippen molar-refractivity contribution in [2.75, 3.05) is 10.2 Å². The summed E-state index contributed by atoms with van der Waals surface area (Å²) >= 11 is 14.3. The Balaban J connectivity index is -0.000000320. The Labute approximate surface area is 99.7 Å². The van der Waals surface area contributed by atoms with Gasteiger partial charge in [0, 0.05) is 5.08 Å². The Morgan fingerprint density at radius 2 is 2.30 bits per heavy atom. The molecule has 0 rings (SSSR count). The summed E-state index contributed by atoms with van der Waals surface area (Å²) in [7, 11) is 0.485. The van der Waals surface area contributed by atoms with E-state index >= 15 is 0 Å². The van der Waals surface area contributed by atoms with E-state index in [4.69, 9.17) is 24.9 Å². The number of hydrogen-bond acceptors (Lipinski definition) is 3.